The largest absolute Gasteiger partial charge is 0.309 e. The van der Waals surface area contributed by atoms with Gasteiger partial charge in [0.1, 0.15) is 11.6 Å². The number of rotatable bonds is 5. The molecule has 2 aromatic carbocycles. The van der Waals surface area contributed by atoms with Crippen molar-refractivity contribution in [2.75, 3.05) is 16.8 Å². The van der Waals surface area contributed by atoms with Gasteiger partial charge in [-0.3, -0.25) is 9.48 Å². The van der Waals surface area contributed by atoms with Gasteiger partial charge in [-0.2, -0.15) is 5.10 Å². The lowest BCUT2D eigenvalue weighted by atomic mass is 10.0. The zero-order valence-corrected chi connectivity index (χ0v) is 18.6. The van der Waals surface area contributed by atoms with E-state index in [-0.39, 0.29) is 12.3 Å². The third kappa shape index (κ3) is 4.29. The van der Waals surface area contributed by atoms with Crippen molar-refractivity contribution >= 4 is 35.0 Å². The summed E-state index contributed by atoms with van der Waals surface area (Å²) in [7, 11) is 1.81. The van der Waals surface area contributed by atoms with Crippen LogP contribution >= 0.6 is 11.6 Å². The fourth-order valence-electron chi connectivity index (χ4n) is 3.95. The highest BCUT2D eigenvalue weighted by molar-refractivity contribution is 6.30. The Labute approximate surface area is 194 Å². The van der Waals surface area contributed by atoms with Crippen molar-refractivity contribution in [3.8, 4) is 11.3 Å². The number of carbonyl (C=O) groups is 1. The number of hydrogen-bond donors (Lipinski definition) is 1. The predicted molar refractivity (Wildman–Crippen MR) is 125 cm³/mol. The normalized spacial score (nSPS) is 12.6. The van der Waals surface area contributed by atoms with Crippen molar-refractivity contribution in [1.29, 1.82) is 0 Å². The second-order valence-corrected chi connectivity index (χ2v) is 8.23. The zero-order chi connectivity index (χ0) is 22.9. The summed E-state index contributed by atoms with van der Waals surface area (Å²) in [6, 6.07) is 14.0. The Balaban J connectivity index is 1.39. The Morgan fingerprint density at radius 2 is 1.97 bits per heavy atom. The number of aryl methyl sites for hydroxylation is 1. The minimum Gasteiger partial charge on any atom is -0.309 e. The highest BCUT2D eigenvalue weighted by Crippen LogP contribution is 2.35. The second kappa shape index (κ2) is 8.63. The number of anilines is 3. The lowest BCUT2D eigenvalue weighted by Crippen LogP contribution is -2.31. The number of aromatic nitrogens is 4. The van der Waals surface area contributed by atoms with Crippen molar-refractivity contribution in [3.05, 3.63) is 82.9 Å². The van der Waals surface area contributed by atoms with Crippen molar-refractivity contribution in [1.82, 2.24) is 19.7 Å². The molecule has 7 nitrogen and oxygen atoms in total. The molecule has 4 aromatic rings. The zero-order valence-electron chi connectivity index (χ0n) is 17.8. The minimum atomic E-state index is -0.441. The van der Waals surface area contributed by atoms with Crippen LogP contribution in [0, 0.1) is 5.82 Å². The highest BCUT2D eigenvalue weighted by atomic mass is 35.5. The molecule has 33 heavy (non-hydrogen) atoms. The summed E-state index contributed by atoms with van der Waals surface area (Å²) in [4.78, 5) is 23.2. The molecule has 3 heterocycles. The van der Waals surface area contributed by atoms with E-state index >= 15 is 4.39 Å². The van der Waals surface area contributed by atoms with E-state index < -0.39 is 5.82 Å². The molecule has 0 saturated heterocycles. The molecule has 0 fully saturated rings. The molecule has 0 radical (unpaired) electrons. The van der Waals surface area contributed by atoms with Crippen LogP contribution in [0.5, 0.6) is 0 Å². The van der Waals surface area contributed by atoms with Gasteiger partial charge in [0.05, 0.1) is 24.0 Å². The first kappa shape index (κ1) is 21.1. The van der Waals surface area contributed by atoms with Gasteiger partial charge in [0.25, 0.3) is 0 Å². The van der Waals surface area contributed by atoms with Crippen LogP contribution in [0.1, 0.15) is 11.1 Å². The van der Waals surface area contributed by atoms with Gasteiger partial charge in [-0.15, -0.1) is 0 Å². The maximum Gasteiger partial charge on any atom is 0.231 e. The Kier molecular flexibility index (Phi) is 5.51. The number of amides is 1. The molecule has 0 bridgehead atoms. The van der Waals surface area contributed by atoms with Crippen LogP contribution in [-0.4, -0.2) is 32.2 Å². The lowest BCUT2D eigenvalue weighted by molar-refractivity contribution is -0.117. The van der Waals surface area contributed by atoms with Crippen molar-refractivity contribution in [2.24, 2.45) is 7.05 Å². The van der Waals surface area contributed by atoms with Gasteiger partial charge < -0.3 is 10.2 Å². The van der Waals surface area contributed by atoms with Gasteiger partial charge in [-0.05, 0) is 47.9 Å². The van der Waals surface area contributed by atoms with Crippen molar-refractivity contribution in [2.45, 2.75) is 12.8 Å². The van der Waals surface area contributed by atoms with Crippen LogP contribution in [0.4, 0.5) is 21.8 Å². The molecule has 9 heteroatoms. The quantitative estimate of drug-likeness (QED) is 0.471. The van der Waals surface area contributed by atoms with Crippen LogP contribution in [0.25, 0.3) is 11.3 Å². The summed E-state index contributed by atoms with van der Waals surface area (Å²) in [5.41, 5.74) is 3.19. The number of benzene rings is 2. The number of fused-ring (bicyclic) bond motifs is 1. The van der Waals surface area contributed by atoms with E-state index in [0.717, 1.165) is 16.9 Å². The summed E-state index contributed by atoms with van der Waals surface area (Å²) in [5.74, 6) is 0.538. The smallest absolute Gasteiger partial charge is 0.231 e. The first-order valence-corrected chi connectivity index (χ1v) is 10.8. The molecule has 0 saturated carbocycles. The van der Waals surface area contributed by atoms with Crippen LogP contribution < -0.4 is 10.2 Å². The molecule has 0 unspecified atom stereocenters. The molecule has 0 atom stereocenters. The summed E-state index contributed by atoms with van der Waals surface area (Å²) < 4.78 is 16.9. The van der Waals surface area contributed by atoms with Gasteiger partial charge in [0.2, 0.25) is 11.9 Å². The third-order valence-corrected chi connectivity index (χ3v) is 5.85. The molecule has 0 spiro atoms. The molecule has 1 aliphatic heterocycles. The minimum absolute atomic E-state index is 0.146. The van der Waals surface area contributed by atoms with Crippen LogP contribution in [-0.2, 0) is 24.7 Å². The standard InChI is InChI=1S/C24H20ClFN6O/c1-31-21(7-10-28-31)30-24-27-9-6-20(29-24)17-13-16-8-11-32(23(16)19(26)14-17)22(33)12-15-2-4-18(25)5-3-15/h2-7,9-10,13-14H,8,11-12H2,1H3,(H,27,29,30). The molecule has 1 N–H and O–H groups in total. The molecule has 1 amide bonds. The summed E-state index contributed by atoms with van der Waals surface area (Å²) in [6.07, 6.45) is 4.06. The summed E-state index contributed by atoms with van der Waals surface area (Å²) >= 11 is 5.92. The van der Waals surface area contributed by atoms with E-state index in [2.05, 4.69) is 20.4 Å². The summed E-state index contributed by atoms with van der Waals surface area (Å²) in [6.45, 7) is 0.444. The van der Waals surface area contributed by atoms with E-state index in [0.29, 0.717) is 40.9 Å². The van der Waals surface area contributed by atoms with Gasteiger partial charge in [0, 0.05) is 36.4 Å². The number of halogens is 2. The van der Waals surface area contributed by atoms with Crippen LogP contribution in [0.15, 0.2) is 60.9 Å². The highest BCUT2D eigenvalue weighted by Gasteiger charge is 2.28. The van der Waals surface area contributed by atoms with Gasteiger partial charge >= 0.3 is 0 Å². The number of carbonyl (C=O) groups excluding carboxylic acids is 1. The summed E-state index contributed by atoms with van der Waals surface area (Å²) in [5, 5.41) is 7.82. The lowest BCUT2D eigenvalue weighted by Gasteiger charge is -2.18. The van der Waals surface area contributed by atoms with Crippen molar-refractivity contribution < 1.29 is 9.18 Å². The Morgan fingerprint density at radius 3 is 2.73 bits per heavy atom. The fraction of sp³-hybridized carbons (Fsp3) is 0.167. The molecule has 166 valence electrons. The van der Waals surface area contributed by atoms with E-state index in [4.69, 9.17) is 11.6 Å². The number of hydrogen-bond acceptors (Lipinski definition) is 5. The molecule has 0 aliphatic carbocycles. The molecule has 2 aromatic heterocycles. The maximum atomic E-state index is 15.2. The molecular formula is C24H20ClFN6O. The number of nitrogens with zero attached hydrogens (tertiary/aromatic N) is 5. The van der Waals surface area contributed by atoms with E-state index in [1.54, 1.807) is 41.3 Å². The number of nitrogens with one attached hydrogen (secondary N) is 1. The molecule has 1 aliphatic rings. The first-order chi connectivity index (χ1) is 16.0. The van der Waals surface area contributed by atoms with Crippen molar-refractivity contribution in [3.63, 3.8) is 0 Å². The Bertz CT molecular complexity index is 1340. The first-order valence-electron chi connectivity index (χ1n) is 10.4. The monoisotopic (exact) mass is 462 g/mol. The Hall–Kier alpha value is -3.78. The average molecular weight is 463 g/mol. The SMILES string of the molecule is Cn1nccc1Nc1nccc(-c2cc(F)c3c(c2)CCN3C(=O)Cc2ccc(Cl)cc2)n1. The van der Waals surface area contributed by atoms with Gasteiger partial charge in [-0.1, -0.05) is 23.7 Å². The van der Waals surface area contributed by atoms with E-state index in [9.17, 15) is 4.79 Å². The second-order valence-electron chi connectivity index (χ2n) is 7.79. The maximum absolute atomic E-state index is 15.2. The fourth-order valence-corrected chi connectivity index (χ4v) is 4.08. The van der Waals surface area contributed by atoms with E-state index in [1.165, 1.54) is 11.0 Å². The predicted octanol–water partition coefficient (Wildman–Crippen LogP) is 4.55. The average Bonchev–Trinajstić information content (AvgIpc) is 3.42. The molecule has 5 rings (SSSR count). The van der Waals surface area contributed by atoms with Gasteiger partial charge in [-0.25, -0.2) is 14.4 Å². The van der Waals surface area contributed by atoms with Crippen LogP contribution in [0.2, 0.25) is 5.02 Å². The van der Waals surface area contributed by atoms with E-state index in [1.807, 2.05) is 25.2 Å². The van der Waals surface area contributed by atoms with Gasteiger partial charge in [0.15, 0.2) is 0 Å². The molecular weight excluding hydrogens is 443 g/mol. The van der Waals surface area contributed by atoms with Crippen LogP contribution in [0.3, 0.4) is 0 Å². The third-order valence-electron chi connectivity index (χ3n) is 5.60. The topological polar surface area (TPSA) is 75.9 Å². The Morgan fingerprint density at radius 1 is 1.15 bits per heavy atom.